The molecule has 0 N–H and O–H groups in total. The van der Waals surface area contributed by atoms with Crippen molar-refractivity contribution < 1.29 is 9.15 Å². The van der Waals surface area contributed by atoms with E-state index in [-0.39, 0.29) is 0 Å². The average Bonchev–Trinajstić information content (AvgIpc) is 3.52. The van der Waals surface area contributed by atoms with Crippen LogP contribution in [-0.4, -0.2) is 31.6 Å². The first-order chi connectivity index (χ1) is 16.7. The zero-order chi connectivity index (χ0) is 23.3. The fourth-order valence-electron chi connectivity index (χ4n) is 3.41. The summed E-state index contributed by atoms with van der Waals surface area (Å²) in [5.74, 6) is 2.85. The predicted molar refractivity (Wildman–Crippen MR) is 132 cm³/mol. The number of halogens is 1. The summed E-state index contributed by atoms with van der Waals surface area (Å²) in [5.41, 5.74) is 2.60. The van der Waals surface area contributed by atoms with Gasteiger partial charge in [-0.1, -0.05) is 65.8 Å². The van der Waals surface area contributed by atoms with E-state index in [1.807, 2.05) is 84.3 Å². The molecule has 2 aromatic heterocycles. The largest absolute Gasteiger partial charge is 0.494 e. The molecule has 0 spiro atoms. The highest BCUT2D eigenvalue weighted by Gasteiger charge is 2.18. The van der Waals surface area contributed by atoms with Gasteiger partial charge in [-0.2, -0.15) is 0 Å². The Morgan fingerprint density at radius 3 is 2.41 bits per heavy atom. The van der Waals surface area contributed by atoms with E-state index < -0.39 is 0 Å². The summed E-state index contributed by atoms with van der Waals surface area (Å²) in [7, 11) is 0. The lowest BCUT2D eigenvalue weighted by molar-refractivity contribution is 0.340. The van der Waals surface area contributed by atoms with Crippen LogP contribution >= 0.6 is 23.4 Å². The molecular weight excluding hydrogens is 470 g/mol. The van der Waals surface area contributed by atoms with Crippen molar-refractivity contribution in [2.24, 2.45) is 0 Å². The summed E-state index contributed by atoms with van der Waals surface area (Å²) in [6.07, 6.45) is 0. The van der Waals surface area contributed by atoms with Crippen LogP contribution in [0.2, 0.25) is 5.02 Å². The third kappa shape index (κ3) is 4.69. The number of hydrogen-bond donors (Lipinski definition) is 0. The van der Waals surface area contributed by atoms with Gasteiger partial charge in [0.2, 0.25) is 11.8 Å². The fraction of sp³-hybridized carbons (Fsp3) is 0.120. The molecule has 9 heteroatoms. The van der Waals surface area contributed by atoms with Crippen LogP contribution in [0.5, 0.6) is 5.75 Å². The molecule has 170 valence electrons. The van der Waals surface area contributed by atoms with E-state index in [9.17, 15) is 0 Å². The number of nitrogens with zero attached hydrogens (tertiary/aromatic N) is 5. The number of thioether (sulfide) groups is 1. The van der Waals surface area contributed by atoms with Crippen molar-refractivity contribution in [2.75, 3.05) is 6.61 Å². The van der Waals surface area contributed by atoms with E-state index >= 15 is 0 Å². The minimum Gasteiger partial charge on any atom is -0.494 e. The Hall–Kier alpha value is -3.62. The molecule has 0 aliphatic carbocycles. The summed E-state index contributed by atoms with van der Waals surface area (Å²) in [4.78, 5) is 0. The minimum absolute atomic E-state index is 0.388. The maximum atomic E-state index is 6.26. The van der Waals surface area contributed by atoms with Crippen LogP contribution in [0.1, 0.15) is 12.8 Å². The maximum Gasteiger partial charge on any atom is 0.249 e. The lowest BCUT2D eigenvalue weighted by Gasteiger charge is -2.11. The smallest absolute Gasteiger partial charge is 0.249 e. The molecule has 0 fully saturated rings. The van der Waals surface area contributed by atoms with Crippen LogP contribution < -0.4 is 4.74 Å². The molecule has 0 aliphatic rings. The fourth-order valence-corrected chi connectivity index (χ4v) is 4.42. The number of hydrogen-bond acceptors (Lipinski definition) is 7. The van der Waals surface area contributed by atoms with Gasteiger partial charge in [0.25, 0.3) is 0 Å². The van der Waals surface area contributed by atoms with Crippen LogP contribution in [0, 0.1) is 0 Å². The number of rotatable bonds is 8. The van der Waals surface area contributed by atoms with Crippen LogP contribution in [-0.2, 0) is 5.75 Å². The van der Waals surface area contributed by atoms with Crippen LogP contribution in [0.3, 0.4) is 0 Å². The van der Waals surface area contributed by atoms with Crippen molar-refractivity contribution in [1.82, 2.24) is 25.0 Å². The van der Waals surface area contributed by atoms with E-state index in [4.69, 9.17) is 20.8 Å². The lowest BCUT2D eigenvalue weighted by Crippen LogP contribution is -2.00. The Labute approximate surface area is 205 Å². The Kier molecular flexibility index (Phi) is 6.60. The molecule has 0 unspecified atom stereocenters. The number of ether oxygens (including phenoxy) is 1. The van der Waals surface area contributed by atoms with Gasteiger partial charge in [0, 0.05) is 11.3 Å². The average molecular weight is 490 g/mol. The Balaban J connectivity index is 1.44. The minimum atomic E-state index is 0.388. The Bertz CT molecular complexity index is 1390. The highest BCUT2D eigenvalue weighted by atomic mass is 35.5. The number of benzene rings is 3. The Morgan fingerprint density at radius 1 is 0.882 bits per heavy atom. The third-order valence-corrected chi connectivity index (χ3v) is 6.21. The van der Waals surface area contributed by atoms with Gasteiger partial charge in [-0.25, -0.2) is 0 Å². The standard InChI is InChI=1S/C25H20ClN5O2S/c1-2-32-19-14-12-18(13-15-19)31-23(17-8-4-3-5-9-17)28-30-25(31)34-16-22-27-29-24(33-22)20-10-6-7-11-21(20)26/h3-15H,2,16H2,1H3. The third-order valence-electron chi connectivity index (χ3n) is 4.97. The predicted octanol–water partition coefficient (Wildman–Crippen LogP) is 6.33. The van der Waals surface area contributed by atoms with Gasteiger partial charge in [-0.15, -0.1) is 20.4 Å². The van der Waals surface area contributed by atoms with Crippen molar-refractivity contribution in [2.45, 2.75) is 17.8 Å². The topological polar surface area (TPSA) is 78.9 Å². The van der Waals surface area contributed by atoms with Gasteiger partial charge in [0.15, 0.2) is 11.0 Å². The second-order valence-corrected chi connectivity index (χ2v) is 8.55. The highest BCUT2D eigenvalue weighted by Crippen LogP contribution is 2.31. The van der Waals surface area contributed by atoms with Crippen LogP contribution in [0.15, 0.2) is 88.4 Å². The summed E-state index contributed by atoms with van der Waals surface area (Å²) in [6, 6.07) is 25.2. The SMILES string of the molecule is CCOc1ccc(-n2c(SCc3nnc(-c4ccccc4Cl)o3)nnc2-c2ccccc2)cc1. The van der Waals surface area contributed by atoms with E-state index in [2.05, 4.69) is 20.4 Å². The van der Waals surface area contributed by atoms with E-state index in [1.165, 1.54) is 11.8 Å². The van der Waals surface area contributed by atoms with Gasteiger partial charge in [-0.3, -0.25) is 4.57 Å². The molecule has 7 nitrogen and oxygen atoms in total. The summed E-state index contributed by atoms with van der Waals surface area (Å²) in [6.45, 7) is 2.58. The highest BCUT2D eigenvalue weighted by molar-refractivity contribution is 7.98. The van der Waals surface area contributed by atoms with E-state index in [0.717, 1.165) is 22.8 Å². The molecule has 0 amide bonds. The molecule has 0 atom stereocenters. The molecule has 5 rings (SSSR count). The normalized spacial score (nSPS) is 11.0. The Morgan fingerprint density at radius 2 is 1.65 bits per heavy atom. The quantitative estimate of drug-likeness (QED) is 0.236. The maximum absolute atomic E-state index is 6.26. The first-order valence-electron chi connectivity index (χ1n) is 10.7. The summed E-state index contributed by atoms with van der Waals surface area (Å²) in [5, 5.41) is 18.5. The van der Waals surface area contributed by atoms with E-state index in [1.54, 1.807) is 6.07 Å². The number of aromatic nitrogens is 5. The first kappa shape index (κ1) is 22.2. The molecule has 2 heterocycles. The molecular formula is C25H20ClN5O2S. The molecule has 5 aromatic rings. The molecule has 0 bridgehead atoms. The zero-order valence-corrected chi connectivity index (χ0v) is 19.8. The van der Waals surface area contributed by atoms with Crippen LogP contribution in [0.4, 0.5) is 0 Å². The monoisotopic (exact) mass is 489 g/mol. The molecule has 0 aliphatic heterocycles. The van der Waals surface area contributed by atoms with Gasteiger partial charge in [0.1, 0.15) is 5.75 Å². The van der Waals surface area contributed by atoms with Crippen molar-refractivity contribution in [3.8, 4) is 34.3 Å². The molecule has 34 heavy (non-hydrogen) atoms. The van der Waals surface area contributed by atoms with Gasteiger partial charge < -0.3 is 9.15 Å². The van der Waals surface area contributed by atoms with Crippen molar-refractivity contribution in [3.05, 3.63) is 89.8 Å². The second-order valence-electron chi connectivity index (χ2n) is 7.20. The van der Waals surface area contributed by atoms with Crippen LogP contribution in [0.25, 0.3) is 28.5 Å². The van der Waals surface area contributed by atoms with Crippen molar-refractivity contribution in [1.29, 1.82) is 0 Å². The van der Waals surface area contributed by atoms with Crippen molar-refractivity contribution >= 4 is 23.4 Å². The van der Waals surface area contributed by atoms with Crippen molar-refractivity contribution in [3.63, 3.8) is 0 Å². The first-order valence-corrected chi connectivity index (χ1v) is 12.0. The van der Waals surface area contributed by atoms with E-state index in [0.29, 0.717) is 39.9 Å². The molecule has 0 radical (unpaired) electrons. The van der Waals surface area contributed by atoms with Gasteiger partial charge in [-0.05, 0) is 43.3 Å². The molecule has 0 saturated carbocycles. The lowest BCUT2D eigenvalue weighted by atomic mass is 10.2. The molecule has 3 aromatic carbocycles. The van der Waals surface area contributed by atoms with Gasteiger partial charge in [0.05, 0.1) is 22.9 Å². The zero-order valence-electron chi connectivity index (χ0n) is 18.3. The summed E-state index contributed by atoms with van der Waals surface area (Å²) < 4.78 is 13.5. The molecule has 0 saturated heterocycles. The second kappa shape index (κ2) is 10.1. The van der Waals surface area contributed by atoms with Gasteiger partial charge >= 0.3 is 0 Å². The summed E-state index contributed by atoms with van der Waals surface area (Å²) >= 11 is 7.72.